The van der Waals surface area contributed by atoms with E-state index in [-0.39, 0.29) is 22.2 Å². The number of aryl methyl sites for hydroxylation is 1. The van der Waals surface area contributed by atoms with Crippen molar-refractivity contribution in [1.82, 2.24) is 9.88 Å². The molecule has 4 aromatic rings. The number of carbonyl (C=O) groups is 1. The topological polar surface area (TPSA) is 125 Å². The van der Waals surface area contributed by atoms with Crippen molar-refractivity contribution in [2.75, 3.05) is 11.3 Å². The molecule has 1 aliphatic rings. The van der Waals surface area contributed by atoms with Gasteiger partial charge in [0, 0.05) is 64.6 Å². The molecule has 2 N–H and O–H groups in total. The molecule has 0 saturated carbocycles. The highest BCUT2D eigenvalue weighted by molar-refractivity contribution is 7.92. The summed E-state index contributed by atoms with van der Waals surface area (Å²) in [5.74, 6) is -0.135. The summed E-state index contributed by atoms with van der Waals surface area (Å²) in [5, 5.41) is 12.3. The highest BCUT2D eigenvalue weighted by Gasteiger charge is 2.25. The van der Waals surface area contributed by atoms with E-state index in [1.807, 2.05) is 24.3 Å². The summed E-state index contributed by atoms with van der Waals surface area (Å²) in [5.41, 5.74) is 4.13. The molecule has 9 nitrogen and oxygen atoms in total. The van der Waals surface area contributed by atoms with E-state index >= 15 is 0 Å². The van der Waals surface area contributed by atoms with Crippen LogP contribution in [0.5, 0.6) is 0 Å². The molecule has 0 aliphatic carbocycles. The summed E-state index contributed by atoms with van der Waals surface area (Å²) in [6.07, 6.45) is 0.732. The van der Waals surface area contributed by atoms with E-state index < -0.39 is 14.9 Å². The van der Waals surface area contributed by atoms with E-state index in [1.165, 1.54) is 24.3 Å². The molecule has 0 unspecified atom stereocenters. The number of H-pyrrole nitrogens is 1. The maximum Gasteiger partial charge on any atom is 0.273 e. The second kappa shape index (κ2) is 8.55. The number of rotatable bonds is 5. The van der Waals surface area contributed by atoms with Crippen molar-refractivity contribution in [3.63, 3.8) is 0 Å². The highest BCUT2D eigenvalue weighted by atomic mass is 32.2. The number of nitro benzene ring substituents is 1. The van der Waals surface area contributed by atoms with E-state index in [2.05, 4.69) is 9.71 Å². The third-order valence-corrected chi connectivity index (χ3v) is 7.62. The number of nitrogens with one attached hydrogen (secondary N) is 2. The molecule has 1 amide bonds. The van der Waals surface area contributed by atoms with Crippen LogP contribution in [0, 0.1) is 17.0 Å². The molecule has 0 radical (unpaired) electrons. The number of nitro groups is 1. The lowest BCUT2D eigenvalue weighted by atomic mass is 10.0. The van der Waals surface area contributed by atoms with Gasteiger partial charge in [-0.1, -0.05) is 24.3 Å². The first-order chi connectivity index (χ1) is 16.7. The zero-order chi connectivity index (χ0) is 24.7. The minimum Gasteiger partial charge on any atom is -0.358 e. The van der Waals surface area contributed by atoms with Gasteiger partial charge < -0.3 is 9.88 Å². The Labute approximate surface area is 201 Å². The number of fused-ring (bicyclic) bond motifs is 3. The van der Waals surface area contributed by atoms with Crippen LogP contribution in [0.1, 0.15) is 27.2 Å². The van der Waals surface area contributed by atoms with Crippen molar-refractivity contribution in [3.8, 4) is 0 Å². The zero-order valence-corrected chi connectivity index (χ0v) is 19.6. The Balaban J connectivity index is 1.32. The number of aromatic amines is 1. The van der Waals surface area contributed by atoms with Gasteiger partial charge in [-0.15, -0.1) is 0 Å². The average Bonchev–Trinajstić information content (AvgIpc) is 3.22. The van der Waals surface area contributed by atoms with Crippen LogP contribution in [-0.2, 0) is 23.0 Å². The number of anilines is 1. The van der Waals surface area contributed by atoms with E-state index in [0.29, 0.717) is 24.2 Å². The Bertz CT molecular complexity index is 1580. The van der Waals surface area contributed by atoms with Crippen LogP contribution in [0.2, 0.25) is 0 Å². The maximum absolute atomic E-state index is 13.1. The van der Waals surface area contributed by atoms with Crippen LogP contribution in [-0.4, -0.2) is 35.7 Å². The molecular weight excluding hydrogens is 468 g/mol. The van der Waals surface area contributed by atoms with Gasteiger partial charge in [0.05, 0.1) is 9.82 Å². The fourth-order valence-corrected chi connectivity index (χ4v) is 5.45. The Morgan fingerprint density at radius 3 is 2.57 bits per heavy atom. The van der Waals surface area contributed by atoms with Crippen LogP contribution in [0.3, 0.4) is 0 Å². The summed E-state index contributed by atoms with van der Waals surface area (Å²) < 4.78 is 27.9. The van der Waals surface area contributed by atoms with E-state index in [4.69, 9.17) is 0 Å². The first-order valence-electron chi connectivity index (χ1n) is 11.0. The molecule has 0 fully saturated rings. The van der Waals surface area contributed by atoms with Crippen molar-refractivity contribution >= 4 is 38.2 Å². The van der Waals surface area contributed by atoms with Crippen LogP contribution in [0.15, 0.2) is 71.6 Å². The predicted molar refractivity (Wildman–Crippen MR) is 132 cm³/mol. The van der Waals surface area contributed by atoms with Gasteiger partial charge in [0.25, 0.3) is 21.6 Å². The van der Waals surface area contributed by atoms with Crippen LogP contribution in [0.4, 0.5) is 11.4 Å². The molecule has 35 heavy (non-hydrogen) atoms. The maximum atomic E-state index is 13.1. The van der Waals surface area contributed by atoms with E-state index in [0.717, 1.165) is 34.6 Å². The van der Waals surface area contributed by atoms with Crippen molar-refractivity contribution in [1.29, 1.82) is 0 Å². The first kappa shape index (κ1) is 22.6. The van der Waals surface area contributed by atoms with Crippen LogP contribution >= 0.6 is 0 Å². The van der Waals surface area contributed by atoms with Crippen molar-refractivity contribution in [2.45, 2.75) is 24.8 Å². The zero-order valence-electron chi connectivity index (χ0n) is 18.8. The van der Waals surface area contributed by atoms with Crippen LogP contribution < -0.4 is 4.72 Å². The average molecular weight is 491 g/mol. The monoisotopic (exact) mass is 490 g/mol. The number of carbonyl (C=O) groups excluding carboxylic acids is 1. The van der Waals surface area contributed by atoms with Gasteiger partial charge in [-0.25, -0.2) is 8.42 Å². The SMILES string of the molecule is Cc1ccc(S(=O)(=O)Nc2ccc(C(=O)N3CCc4[nH]c5ccccc5c4C3)cc2)cc1[N+](=O)[O-]. The number of amides is 1. The predicted octanol–water partition coefficient (Wildman–Crippen LogP) is 4.38. The number of para-hydroxylation sites is 1. The van der Waals surface area contributed by atoms with E-state index in [9.17, 15) is 23.3 Å². The highest BCUT2D eigenvalue weighted by Crippen LogP contribution is 2.29. The Kier molecular flexibility index (Phi) is 5.52. The Morgan fingerprint density at radius 1 is 1.09 bits per heavy atom. The second-order valence-electron chi connectivity index (χ2n) is 8.49. The normalized spacial score (nSPS) is 13.5. The summed E-state index contributed by atoms with van der Waals surface area (Å²) in [6, 6.07) is 17.9. The Morgan fingerprint density at radius 2 is 1.83 bits per heavy atom. The number of nitrogens with zero attached hydrogens (tertiary/aromatic N) is 2. The van der Waals surface area contributed by atoms with Gasteiger partial charge in [-0.2, -0.15) is 0 Å². The van der Waals surface area contributed by atoms with Gasteiger partial charge >= 0.3 is 0 Å². The van der Waals surface area contributed by atoms with Crippen LogP contribution in [0.25, 0.3) is 10.9 Å². The molecule has 1 aliphatic heterocycles. The molecule has 1 aromatic heterocycles. The quantitative estimate of drug-likeness (QED) is 0.317. The molecule has 3 aromatic carbocycles. The number of aromatic nitrogens is 1. The molecule has 5 rings (SSSR count). The lowest BCUT2D eigenvalue weighted by Crippen LogP contribution is -2.35. The molecule has 0 bridgehead atoms. The number of benzene rings is 3. The van der Waals surface area contributed by atoms with Gasteiger partial charge in [-0.05, 0) is 43.3 Å². The lowest BCUT2D eigenvalue weighted by molar-refractivity contribution is -0.385. The molecular formula is C25H22N4O5S. The number of sulfonamides is 1. The van der Waals surface area contributed by atoms with Crippen molar-refractivity contribution in [3.05, 3.63) is 99.2 Å². The molecule has 2 heterocycles. The standard InChI is InChI=1S/C25H22N4O5S/c1-16-6-11-19(14-24(16)29(31)32)35(33,34)27-18-9-7-17(8-10-18)25(30)28-13-12-23-21(15-28)20-4-2-3-5-22(20)26-23/h2-11,14,26-27H,12-13,15H2,1H3. The first-order valence-corrected chi connectivity index (χ1v) is 12.5. The minimum absolute atomic E-state index is 0.135. The summed E-state index contributed by atoms with van der Waals surface area (Å²) in [6.45, 7) is 2.62. The third kappa shape index (κ3) is 4.24. The lowest BCUT2D eigenvalue weighted by Gasteiger charge is -2.27. The van der Waals surface area contributed by atoms with Gasteiger partial charge in [0.2, 0.25) is 0 Å². The van der Waals surface area contributed by atoms with Gasteiger partial charge in [0.1, 0.15) is 0 Å². The molecule has 0 spiro atoms. The van der Waals surface area contributed by atoms with Gasteiger partial charge in [0.15, 0.2) is 0 Å². The summed E-state index contributed by atoms with van der Waals surface area (Å²) in [7, 11) is -4.04. The number of hydrogen-bond donors (Lipinski definition) is 2. The molecule has 178 valence electrons. The Hall–Kier alpha value is -4.18. The third-order valence-electron chi connectivity index (χ3n) is 6.24. The largest absolute Gasteiger partial charge is 0.358 e. The van der Waals surface area contributed by atoms with Crippen molar-refractivity contribution < 1.29 is 18.1 Å². The van der Waals surface area contributed by atoms with Gasteiger partial charge in [-0.3, -0.25) is 19.6 Å². The second-order valence-corrected chi connectivity index (χ2v) is 10.2. The fourth-order valence-electron chi connectivity index (χ4n) is 4.37. The molecule has 0 atom stereocenters. The van der Waals surface area contributed by atoms with Crippen molar-refractivity contribution in [2.24, 2.45) is 0 Å². The summed E-state index contributed by atoms with van der Waals surface area (Å²) in [4.78, 5) is 28.7. The smallest absolute Gasteiger partial charge is 0.273 e. The fraction of sp³-hybridized carbons (Fsp3) is 0.160. The molecule has 0 saturated heterocycles. The number of hydrogen-bond acceptors (Lipinski definition) is 5. The summed E-state index contributed by atoms with van der Waals surface area (Å²) >= 11 is 0. The van der Waals surface area contributed by atoms with E-state index in [1.54, 1.807) is 24.0 Å². The molecule has 10 heteroatoms. The minimum atomic E-state index is -4.04.